The van der Waals surface area contributed by atoms with Crippen LogP contribution >= 0.6 is 0 Å². The molecule has 0 aliphatic heterocycles. The van der Waals surface area contributed by atoms with E-state index >= 15 is 0 Å². The molecule has 1 N–H and O–H groups in total. The number of hydrogen-bond acceptors (Lipinski definition) is 2. The minimum absolute atomic E-state index is 0.0910. The third-order valence-corrected chi connectivity index (χ3v) is 2.94. The first-order valence-electron chi connectivity index (χ1n) is 6.27. The van der Waals surface area contributed by atoms with Crippen molar-refractivity contribution in [1.82, 2.24) is 0 Å². The molecule has 0 amide bonds. The van der Waals surface area contributed by atoms with Gasteiger partial charge in [0.25, 0.3) is 0 Å². The topological polar surface area (TPSA) is 46.5 Å². The van der Waals surface area contributed by atoms with E-state index in [1.54, 1.807) is 6.92 Å². The van der Waals surface area contributed by atoms with Crippen LogP contribution in [0.2, 0.25) is 0 Å². The van der Waals surface area contributed by atoms with E-state index in [0.717, 1.165) is 5.75 Å². The normalized spacial score (nSPS) is 13.1. The van der Waals surface area contributed by atoms with Gasteiger partial charge >= 0.3 is 5.97 Å². The van der Waals surface area contributed by atoms with Gasteiger partial charge in [-0.25, -0.2) is 0 Å². The predicted octanol–water partition coefficient (Wildman–Crippen LogP) is 3.47. The Labute approximate surface area is 109 Å². The lowest BCUT2D eigenvalue weighted by atomic mass is 9.87. The summed E-state index contributed by atoms with van der Waals surface area (Å²) < 4.78 is 5.60. The number of rotatable bonds is 5. The van der Waals surface area contributed by atoms with Gasteiger partial charge in [0.2, 0.25) is 0 Å². The van der Waals surface area contributed by atoms with Crippen molar-refractivity contribution in [3.63, 3.8) is 0 Å². The van der Waals surface area contributed by atoms with Gasteiger partial charge in [-0.2, -0.15) is 0 Å². The summed E-state index contributed by atoms with van der Waals surface area (Å²) in [5.41, 5.74) is 1.31. The second kappa shape index (κ2) is 5.89. The molecule has 3 heteroatoms. The molecule has 0 spiro atoms. The SMILES string of the molecule is CC(CCOc1cccc(C(C)(C)C)c1)C(=O)O. The van der Waals surface area contributed by atoms with Crippen molar-refractivity contribution in [2.75, 3.05) is 6.61 Å². The zero-order valence-electron chi connectivity index (χ0n) is 11.6. The Morgan fingerprint density at radius 1 is 1.39 bits per heavy atom. The predicted molar refractivity (Wildman–Crippen MR) is 72.1 cm³/mol. The number of carboxylic acid groups (broad SMARTS) is 1. The van der Waals surface area contributed by atoms with Crippen LogP contribution in [0.15, 0.2) is 24.3 Å². The number of carboxylic acids is 1. The van der Waals surface area contributed by atoms with Gasteiger partial charge in [-0.15, -0.1) is 0 Å². The van der Waals surface area contributed by atoms with Crippen LogP contribution in [0.25, 0.3) is 0 Å². The molecule has 1 unspecified atom stereocenters. The number of carbonyl (C=O) groups is 1. The van der Waals surface area contributed by atoms with E-state index < -0.39 is 5.97 Å². The zero-order valence-corrected chi connectivity index (χ0v) is 11.6. The Bertz CT molecular complexity index is 404. The van der Waals surface area contributed by atoms with Gasteiger partial charge in [-0.3, -0.25) is 4.79 Å². The summed E-state index contributed by atoms with van der Waals surface area (Å²) in [6.07, 6.45) is 0.523. The Hall–Kier alpha value is -1.51. The molecule has 100 valence electrons. The smallest absolute Gasteiger partial charge is 0.306 e. The van der Waals surface area contributed by atoms with E-state index in [1.165, 1.54) is 5.56 Å². The highest BCUT2D eigenvalue weighted by Crippen LogP contribution is 2.25. The largest absolute Gasteiger partial charge is 0.494 e. The minimum Gasteiger partial charge on any atom is -0.494 e. The number of benzene rings is 1. The molecule has 3 nitrogen and oxygen atoms in total. The molecule has 0 fully saturated rings. The highest BCUT2D eigenvalue weighted by Gasteiger charge is 2.14. The lowest BCUT2D eigenvalue weighted by molar-refractivity contribution is -0.141. The maximum atomic E-state index is 10.7. The van der Waals surface area contributed by atoms with E-state index in [0.29, 0.717) is 13.0 Å². The highest BCUT2D eigenvalue weighted by atomic mass is 16.5. The van der Waals surface area contributed by atoms with Crippen molar-refractivity contribution in [2.45, 2.75) is 39.5 Å². The van der Waals surface area contributed by atoms with Crippen LogP contribution in [-0.4, -0.2) is 17.7 Å². The second-order valence-corrected chi connectivity index (χ2v) is 5.65. The molecular weight excluding hydrogens is 228 g/mol. The van der Waals surface area contributed by atoms with Gasteiger partial charge in [0, 0.05) is 0 Å². The molecule has 0 radical (unpaired) electrons. The molecule has 0 saturated heterocycles. The summed E-state index contributed by atoms with van der Waals surface area (Å²) in [6.45, 7) is 8.58. The summed E-state index contributed by atoms with van der Waals surface area (Å²) in [6, 6.07) is 7.97. The first kappa shape index (κ1) is 14.6. The van der Waals surface area contributed by atoms with E-state index in [1.807, 2.05) is 18.2 Å². The third-order valence-electron chi connectivity index (χ3n) is 2.94. The first-order valence-corrected chi connectivity index (χ1v) is 6.27. The van der Waals surface area contributed by atoms with Gasteiger partial charge in [0.15, 0.2) is 0 Å². The van der Waals surface area contributed by atoms with Crippen LogP contribution in [0.1, 0.15) is 39.7 Å². The standard InChI is InChI=1S/C15H22O3/c1-11(14(16)17)8-9-18-13-7-5-6-12(10-13)15(2,3)4/h5-7,10-11H,8-9H2,1-4H3,(H,16,17). The Balaban J connectivity index is 2.56. The van der Waals surface area contributed by atoms with Crippen LogP contribution in [0.3, 0.4) is 0 Å². The van der Waals surface area contributed by atoms with Gasteiger partial charge in [0.05, 0.1) is 12.5 Å². The van der Waals surface area contributed by atoms with E-state index in [-0.39, 0.29) is 11.3 Å². The molecule has 1 rings (SSSR count). The molecule has 1 aromatic carbocycles. The van der Waals surface area contributed by atoms with Gasteiger partial charge in [0.1, 0.15) is 5.75 Å². The average molecular weight is 250 g/mol. The summed E-state index contributed by atoms with van der Waals surface area (Å²) in [5, 5.41) is 8.77. The molecule has 0 aliphatic rings. The lowest BCUT2D eigenvalue weighted by Gasteiger charge is -2.19. The van der Waals surface area contributed by atoms with Crippen LogP contribution in [0.5, 0.6) is 5.75 Å². The molecule has 0 heterocycles. The van der Waals surface area contributed by atoms with Crippen molar-refractivity contribution >= 4 is 5.97 Å². The van der Waals surface area contributed by atoms with Gasteiger partial charge < -0.3 is 9.84 Å². The molecule has 0 aromatic heterocycles. The monoisotopic (exact) mass is 250 g/mol. The minimum atomic E-state index is -0.776. The van der Waals surface area contributed by atoms with Crippen molar-refractivity contribution in [2.24, 2.45) is 5.92 Å². The summed E-state index contributed by atoms with van der Waals surface area (Å²) >= 11 is 0. The fraction of sp³-hybridized carbons (Fsp3) is 0.533. The fourth-order valence-electron chi connectivity index (χ4n) is 1.53. The van der Waals surface area contributed by atoms with E-state index in [9.17, 15) is 4.79 Å². The maximum Gasteiger partial charge on any atom is 0.306 e. The highest BCUT2D eigenvalue weighted by molar-refractivity contribution is 5.69. The Morgan fingerprint density at radius 3 is 2.61 bits per heavy atom. The van der Waals surface area contributed by atoms with Crippen molar-refractivity contribution in [3.05, 3.63) is 29.8 Å². The van der Waals surface area contributed by atoms with E-state index in [4.69, 9.17) is 9.84 Å². The maximum absolute atomic E-state index is 10.7. The molecule has 0 bridgehead atoms. The zero-order chi connectivity index (χ0) is 13.8. The number of hydrogen-bond donors (Lipinski definition) is 1. The van der Waals surface area contributed by atoms with Gasteiger partial charge in [-0.05, 0) is 29.5 Å². The molecule has 1 aromatic rings. The summed E-state index contributed by atoms with van der Waals surface area (Å²) in [5.74, 6) is -0.335. The van der Waals surface area contributed by atoms with E-state index in [2.05, 4.69) is 26.8 Å². The molecule has 0 aliphatic carbocycles. The lowest BCUT2D eigenvalue weighted by Crippen LogP contribution is -2.14. The number of aliphatic carboxylic acids is 1. The Morgan fingerprint density at radius 2 is 2.06 bits per heavy atom. The third kappa shape index (κ3) is 4.40. The Kier molecular flexibility index (Phi) is 4.76. The van der Waals surface area contributed by atoms with Crippen LogP contribution in [0.4, 0.5) is 0 Å². The first-order chi connectivity index (χ1) is 8.30. The molecule has 18 heavy (non-hydrogen) atoms. The summed E-state index contributed by atoms with van der Waals surface area (Å²) in [7, 11) is 0. The summed E-state index contributed by atoms with van der Waals surface area (Å²) in [4.78, 5) is 10.7. The quantitative estimate of drug-likeness (QED) is 0.870. The van der Waals surface area contributed by atoms with Crippen LogP contribution in [-0.2, 0) is 10.2 Å². The van der Waals surface area contributed by atoms with Crippen molar-refractivity contribution in [1.29, 1.82) is 0 Å². The van der Waals surface area contributed by atoms with Crippen LogP contribution < -0.4 is 4.74 Å². The molecule has 0 saturated carbocycles. The number of ether oxygens (including phenoxy) is 1. The fourth-order valence-corrected chi connectivity index (χ4v) is 1.53. The molecular formula is C15H22O3. The van der Waals surface area contributed by atoms with Crippen molar-refractivity contribution in [3.8, 4) is 5.75 Å². The average Bonchev–Trinajstić information content (AvgIpc) is 2.28. The van der Waals surface area contributed by atoms with Crippen molar-refractivity contribution < 1.29 is 14.6 Å². The second-order valence-electron chi connectivity index (χ2n) is 5.65. The van der Waals surface area contributed by atoms with Crippen LogP contribution in [0, 0.1) is 5.92 Å². The molecule has 1 atom stereocenters. The van der Waals surface area contributed by atoms with Gasteiger partial charge in [-0.1, -0.05) is 39.8 Å².